The van der Waals surface area contributed by atoms with E-state index in [-0.39, 0.29) is 0 Å². The van der Waals surface area contributed by atoms with Crippen LogP contribution in [0.2, 0.25) is 0 Å². The number of hydrogen-bond acceptors (Lipinski definition) is 2. The number of benzene rings is 1. The maximum atomic E-state index is 5.87. The van der Waals surface area contributed by atoms with Gasteiger partial charge in [-0.15, -0.1) is 0 Å². The van der Waals surface area contributed by atoms with Crippen LogP contribution in [0, 0.1) is 0 Å². The van der Waals surface area contributed by atoms with Crippen molar-refractivity contribution in [3.05, 3.63) is 23.8 Å². The Labute approximate surface area is 90.6 Å². The molecule has 80 valence electrons. The van der Waals surface area contributed by atoms with Gasteiger partial charge >= 0.3 is 0 Å². The smallest absolute Gasteiger partial charge is 0.121 e. The third-order valence-electron chi connectivity index (χ3n) is 3.51. The molecule has 0 saturated heterocycles. The predicted molar refractivity (Wildman–Crippen MR) is 61.6 cm³/mol. The fourth-order valence-electron chi connectivity index (χ4n) is 2.25. The zero-order chi connectivity index (χ0) is 10.3. The quantitative estimate of drug-likeness (QED) is 0.797. The molecule has 1 atom stereocenters. The van der Waals surface area contributed by atoms with Gasteiger partial charge in [0.05, 0.1) is 6.10 Å². The fourth-order valence-corrected chi connectivity index (χ4v) is 2.25. The van der Waals surface area contributed by atoms with Crippen LogP contribution in [0.5, 0.6) is 5.75 Å². The second-order valence-electron chi connectivity index (χ2n) is 4.70. The van der Waals surface area contributed by atoms with Gasteiger partial charge in [-0.05, 0) is 30.9 Å². The molecule has 2 nitrogen and oxygen atoms in total. The molecule has 3 rings (SSSR count). The van der Waals surface area contributed by atoms with Gasteiger partial charge in [0.15, 0.2) is 0 Å². The highest BCUT2D eigenvalue weighted by Gasteiger charge is 2.21. The zero-order valence-corrected chi connectivity index (χ0v) is 9.12. The number of nitrogens with one attached hydrogen (secondary N) is 1. The molecule has 2 aliphatic rings. The van der Waals surface area contributed by atoms with Crippen molar-refractivity contribution in [2.24, 2.45) is 0 Å². The van der Waals surface area contributed by atoms with E-state index in [0.717, 1.165) is 12.3 Å². The predicted octanol–water partition coefficient (Wildman–Crippen LogP) is 3.15. The molecule has 0 aromatic heterocycles. The summed E-state index contributed by atoms with van der Waals surface area (Å²) in [7, 11) is 0. The molecule has 1 saturated carbocycles. The SMILES string of the molecule is CC1CNc2cc(OC3CCC3)ccc21. The normalized spacial score (nSPS) is 24.2. The Balaban J connectivity index is 1.79. The summed E-state index contributed by atoms with van der Waals surface area (Å²) >= 11 is 0. The summed E-state index contributed by atoms with van der Waals surface area (Å²) in [4.78, 5) is 0. The van der Waals surface area contributed by atoms with Crippen LogP contribution in [0.4, 0.5) is 5.69 Å². The molecule has 0 radical (unpaired) electrons. The molecule has 1 N–H and O–H groups in total. The van der Waals surface area contributed by atoms with Crippen molar-refractivity contribution in [1.82, 2.24) is 0 Å². The molecular weight excluding hydrogens is 186 g/mol. The highest BCUT2D eigenvalue weighted by atomic mass is 16.5. The van der Waals surface area contributed by atoms with Crippen molar-refractivity contribution in [3.63, 3.8) is 0 Å². The Morgan fingerprint density at radius 1 is 1.33 bits per heavy atom. The van der Waals surface area contributed by atoms with E-state index >= 15 is 0 Å². The van der Waals surface area contributed by atoms with Crippen molar-refractivity contribution in [1.29, 1.82) is 0 Å². The molecule has 0 amide bonds. The first kappa shape index (κ1) is 9.08. The van der Waals surface area contributed by atoms with E-state index in [1.807, 2.05) is 0 Å². The molecule has 1 unspecified atom stereocenters. The Morgan fingerprint density at radius 2 is 2.20 bits per heavy atom. The van der Waals surface area contributed by atoms with Crippen molar-refractivity contribution >= 4 is 5.69 Å². The second kappa shape index (κ2) is 3.44. The van der Waals surface area contributed by atoms with Gasteiger partial charge in [-0.1, -0.05) is 13.0 Å². The number of fused-ring (bicyclic) bond motifs is 1. The lowest BCUT2D eigenvalue weighted by atomic mass is 9.96. The Hall–Kier alpha value is -1.18. The summed E-state index contributed by atoms with van der Waals surface area (Å²) in [5.41, 5.74) is 2.69. The van der Waals surface area contributed by atoms with Crippen LogP contribution in [0.25, 0.3) is 0 Å². The molecule has 1 aromatic rings. The van der Waals surface area contributed by atoms with Crippen LogP contribution in [-0.4, -0.2) is 12.6 Å². The topological polar surface area (TPSA) is 21.3 Å². The van der Waals surface area contributed by atoms with Crippen LogP contribution in [0.3, 0.4) is 0 Å². The van der Waals surface area contributed by atoms with Crippen molar-refractivity contribution in [2.45, 2.75) is 38.2 Å². The molecule has 1 fully saturated rings. The number of anilines is 1. The van der Waals surface area contributed by atoms with E-state index in [1.54, 1.807) is 0 Å². The highest BCUT2D eigenvalue weighted by Crippen LogP contribution is 2.35. The first-order chi connectivity index (χ1) is 7.33. The van der Waals surface area contributed by atoms with Gasteiger partial charge in [-0.25, -0.2) is 0 Å². The standard InChI is InChI=1S/C13H17NO/c1-9-8-14-13-7-11(5-6-12(9)13)15-10-3-2-4-10/h5-7,9-10,14H,2-4,8H2,1H3. The van der Waals surface area contributed by atoms with Crippen LogP contribution >= 0.6 is 0 Å². The van der Waals surface area contributed by atoms with Crippen molar-refractivity contribution in [3.8, 4) is 5.75 Å². The summed E-state index contributed by atoms with van der Waals surface area (Å²) in [6.45, 7) is 3.31. The molecule has 1 aliphatic heterocycles. The summed E-state index contributed by atoms with van der Waals surface area (Å²) in [5, 5.41) is 3.42. The highest BCUT2D eigenvalue weighted by molar-refractivity contribution is 5.60. The average Bonchev–Trinajstić information content (AvgIpc) is 2.54. The molecule has 0 spiro atoms. The van der Waals surface area contributed by atoms with Crippen LogP contribution in [-0.2, 0) is 0 Å². The minimum Gasteiger partial charge on any atom is -0.490 e. The van der Waals surface area contributed by atoms with Gasteiger partial charge in [0, 0.05) is 24.2 Å². The molecule has 0 bridgehead atoms. The lowest BCUT2D eigenvalue weighted by Crippen LogP contribution is -2.24. The van der Waals surface area contributed by atoms with Gasteiger partial charge in [0.1, 0.15) is 5.75 Å². The Kier molecular flexibility index (Phi) is 2.08. The molecule has 15 heavy (non-hydrogen) atoms. The molecular formula is C13H17NO. The van der Waals surface area contributed by atoms with Crippen LogP contribution < -0.4 is 10.1 Å². The van der Waals surface area contributed by atoms with E-state index in [2.05, 4.69) is 30.4 Å². The molecule has 1 aliphatic carbocycles. The van der Waals surface area contributed by atoms with E-state index in [4.69, 9.17) is 4.74 Å². The largest absolute Gasteiger partial charge is 0.490 e. The van der Waals surface area contributed by atoms with Gasteiger partial charge in [-0.2, -0.15) is 0 Å². The minimum atomic E-state index is 0.474. The molecule has 1 heterocycles. The lowest BCUT2D eigenvalue weighted by Gasteiger charge is -2.26. The Morgan fingerprint density at radius 3 is 2.93 bits per heavy atom. The second-order valence-corrected chi connectivity index (χ2v) is 4.70. The van der Waals surface area contributed by atoms with Gasteiger partial charge in [0.25, 0.3) is 0 Å². The van der Waals surface area contributed by atoms with Gasteiger partial charge < -0.3 is 10.1 Å². The summed E-state index contributed by atoms with van der Waals surface area (Å²) < 4.78 is 5.87. The van der Waals surface area contributed by atoms with E-state index in [0.29, 0.717) is 12.0 Å². The number of ether oxygens (including phenoxy) is 1. The maximum Gasteiger partial charge on any atom is 0.121 e. The monoisotopic (exact) mass is 203 g/mol. The van der Waals surface area contributed by atoms with Crippen molar-refractivity contribution < 1.29 is 4.74 Å². The third-order valence-corrected chi connectivity index (χ3v) is 3.51. The van der Waals surface area contributed by atoms with Gasteiger partial charge in [-0.3, -0.25) is 0 Å². The third kappa shape index (κ3) is 1.58. The minimum absolute atomic E-state index is 0.474. The first-order valence-electron chi connectivity index (χ1n) is 5.87. The number of hydrogen-bond donors (Lipinski definition) is 1. The molecule has 1 aromatic carbocycles. The fraction of sp³-hybridized carbons (Fsp3) is 0.538. The van der Waals surface area contributed by atoms with Crippen LogP contribution in [0.1, 0.15) is 37.7 Å². The first-order valence-corrected chi connectivity index (χ1v) is 5.87. The summed E-state index contributed by atoms with van der Waals surface area (Å²) in [6.07, 6.45) is 4.24. The average molecular weight is 203 g/mol. The van der Waals surface area contributed by atoms with Gasteiger partial charge in [0.2, 0.25) is 0 Å². The summed E-state index contributed by atoms with van der Waals surface area (Å²) in [5.74, 6) is 1.66. The molecule has 2 heteroatoms. The van der Waals surface area contributed by atoms with Crippen LogP contribution in [0.15, 0.2) is 18.2 Å². The Bertz CT molecular complexity index is 371. The summed E-state index contributed by atoms with van der Waals surface area (Å²) in [6, 6.07) is 6.46. The maximum absolute atomic E-state index is 5.87. The van der Waals surface area contributed by atoms with E-state index in [9.17, 15) is 0 Å². The van der Waals surface area contributed by atoms with E-state index < -0.39 is 0 Å². The van der Waals surface area contributed by atoms with E-state index in [1.165, 1.54) is 30.5 Å². The van der Waals surface area contributed by atoms with Crippen molar-refractivity contribution in [2.75, 3.05) is 11.9 Å². The zero-order valence-electron chi connectivity index (χ0n) is 9.12. The lowest BCUT2D eigenvalue weighted by molar-refractivity contribution is 0.120. The number of rotatable bonds is 2.